The van der Waals surface area contributed by atoms with E-state index in [1.807, 2.05) is 0 Å². The molecule has 0 aliphatic rings. The minimum atomic E-state index is 0.186. The van der Waals surface area contributed by atoms with E-state index in [-0.39, 0.29) is 5.41 Å². The van der Waals surface area contributed by atoms with E-state index in [4.69, 9.17) is 4.74 Å². The first-order valence-electron chi connectivity index (χ1n) is 8.02. The van der Waals surface area contributed by atoms with Gasteiger partial charge in [0.1, 0.15) is 0 Å². The summed E-state index contributed by atoms with van der Waals surface area (Å²) in [5.74, 6) is 0. The maximum atomic E-state index is 5.80. The van der Waals surface area contributed by atoms with E-state index in [1.165, 1.54) is 12.0 Å². The van der Waals surface area contributed by atoms with E-state index in [1.54, 1.807) is 0 Å². The summed E-state index contributed by atoms with van der Waals surface area (Å²) >= 11 is 0. The summed E-state index contributed by atoms with van der Waals surface area (Å²) in [5.41, 5.74) is 1.61. The van der Waals surface area contributed by atoms with Crippen molar-refractivity contribution in [2.45, 2.75) is 58.5 Å². The van der Waals surface area contributed by atoms with Crippen molar-refractivity contribution in [1.29, 1.82) is 0 Å². The third kappa shape index (κ3) is 5.26. The number of nitrogens with one attached hydrogen (secondary N) is 1. The summed E-state index contributed by atoms with van der Waals surface area (Å²) < 4.78 is 5.80. The summed E-state index contributed by atoms with van der Waals surface area (Å²) in [5, 5.41) is 3.61. The van der Waals surface area contributed by atoms with Crippen LogP contribution in [0, 0.1) is 0 Å². The van der Waals surface area contributed by atoms with Crippen molar-refractivity contribution in [2.75, 3.05) is 19.7 Å². The number of hydrogen-bond donors (Lipinski definition) is 1. The lowest BCUT2D eigenvalue weighted by Crippen LogP contribution is -2.39. The average molecular weight is 277 g/mol. The van der Waals surface area contributed by atoms with E-state index in [0.29, 0.717) is 6.10 Å². The van der Waals surface area contributed by atoms with Crippen LogP contribution in [0.5, 0.6) is 0 Å². The number of rotatable bonds is 10. The van der Waals surface area contributed by atoms with Gasteiger partial charge < -0.3 is 10.1 Å². The molecule has 0 heterocycles. The molecular formula is C18H31NO. The van der Waals surface area contributed by atoms with Crippen LogP contribution >= 0.6 is 0 Å². The van der Waals surface area contributed by atoms with E-state index in [9.17, 15) is 0 Å². The highest BCUT2D eigenvalue weighted by molar-refractivity contribution is 5.26. The quantitative estimate of drug-likeness (QED) is 0.649. The van der Waals surface area contributed by atoms with E-state index >= 15 is 0 Å². The van der Waals surface area contributed by atoms with Gasteiger partial charge in [-0.2, -0.15) is 0 Å². The molecule has 0 amide bonds. The summed E-state index contributed by atoms with van der Waals surface area (Å²) in [6.07, 6.45) is 3.69. The minimum absolute atomic E-state index is 0.186. The molecule has 1 N–H and O–H groups in total. The van der Waals surface area contributed by atoms with Crippen molar-refractivity contribution in [3.05, 3.63) is 35.9 Å². The Morgan fingerprint density at radius 3 is 2.40 bits per heavy atom. The van der Waals surface area contributed by atoms with E-state index in [0.717, 1.165) is 32.5 Å². The summed E-state index contributed by atoms with van der Waals surface area (Å²) in [6.45, 7) is 11.6. The van der Waals surface area contributed by atoms with Crippen LogP contribution in [0.2, 0.25) is 0 Å². The third-order valence-electron chi connectivity index (χ3n) is 3.98. The van der Waals surface area contributed by atoms with Gasteiger partial charge in [-0.15, -0.1) is 0 Å². The topological polar surface area (TPSA) is 21.3 Å². The smallest absolute Gasteiger partial charge is 0.0518 e. The molecule has 0 aliphatic carbocycles. The predicted molar refractivity (Wildman–Crippen MR) is 87.3 cm³/mol. The zero-order valence-electron chi connectivity index (χ0n) is 13.6. The van der Waals surface area contributed by atoms with Crippen LogP contribution in [0.3, 0.4) is 0 Å². The van der Waals surface area contributed by atoms with Crippen LogP contribution in [0.25, 0.3) is 0 Å². The summed E-state index contributed by atoms with van der Waals surface area (Å²) in [6, 6.07) is 10.9. The Kier molecular flexibility index (Phi) is 7.86. The molecule has 1 aromatic carbocycles. The molecule has 2 nitrogen and oxygen atoms in total. The largest absolute Gasteiger partial charge is 0.379 e. The average Bonchev–Trinajstić information content (AvgIpc) is 2.46. The van der Waals surface area contributed by atoms with Crippen molar-refractivity contribution >= 4 is 0 Å². The molecule has 0 aliphatic heterocycles. The summed E-state index contributed by atoms with van der Waals surface area (Å²) in [4.78, 5) is 0. The Bertz CT molecular complexity index is 350. The highest BCUT2D eigenvalue weighted by atomic mass is 16.5. The molecule has 1 atom stereocenters. The van der Waals surface area contributed by atoms with Gasteiger partial charge >= 0.3 is 0 Å². The fraction of sp³-hybridized carbons (Fsp3) is 0.667. The lowest BCUT2D eigenvalue weighted by Gasteiger charge is -2.34. The molecule has 0 spiro atoms. The number of hydrogen-bond acceptors (Lipinski definition) is 2. The minimum Gasteiger partial charge on any atom is -0.379 e. The maximum Gasteiger partial charge on any atom is 0.0518 e. The molecular weight excluding hydrogens is 246 g/mol. The first-order chi connectivity index (χ1) is 9.64. The molecule has 0 bridgehead atoms. The van der Waals surface area contributed by atoms with Crippen LogP contribution in [0.4, 0.5) is 0 Å². The monoisotopic (exact) mass is 277 g/mol. The Balaban J connectivity index is 2.79. The fourth-order valence-electron chi connectivity index (χ4n) is 2.63. The molecule has 0 aromatic heterocycles. The second kappa shape index (κ2) is 9.15. The second-order valence-corrected chi connectivity index (χ2v) is 5.85. The van der Waals surface area contributed by atoms with Gasteiger partial charge in [-0.05, 0) is 45.2 Å². The van der Waals surface area contributed by atoms with Crippen molar-refractivity contribution < 1.29 is 4.74 Å². The molecule has 0 fully saturated rings. The Hall–Kier alpha value is -0.860. The zero-order chi connectivity index (χ0) is 14.8. The molecule has 1 unspecified atom stereocenters. The number of benzene rings is 1. The lowest BCUT2D eigenvalue weighted by atomic mass is 9.75. The van der Waals surface area contributed by atoms with Gasteiger partial charge in [0, 0.05) is 18.6 Å². The van der Waals surface area contributed by atoms with Crippen molar-refractivity contribution in [2.24, 2.45) is 0 Å². The van der Waals surface area contributed by atoms with Gasteiger partial charge in [0.2, 0.25) is 0 Å². The second-order valence-electron chi connectivity index (χ2n) is 5.85. The van der Waals surface area contributed by atoms with Crippen LogP contribution in [0.15, 0.2) is 30.3 Å². The van der Waals surface area contributed by atoms with Gasteiger partial charge in [-0.25, -0.2) is 0 Å². The van der Waals surface area contributed by atoms with Gasteiger partial charge in [-0.1, -0.05) is 44.2 Å². The van der Waals surface area contributed by atoms with Crippen LogP contribution < -0.4 is 5.32 Å². The summed E-state index contributed by atoms with van der Waals surface area (Å²) in [7, 11) is 0. The molecule has 0 radical (unpaired) electrons. The van der Waals surface area contributed by atoms with Gasteiger partial charge in [0.15, 0.2) is 0 Å². The van der Waals surface area contributed by atoms with Gasteiger partial charge in [0.05, 0.1) is 6.10 Å². The normalized spacial score (nSPS) is 14.4. The first kappa shape index (κ1) is 17.2. The first-order valence-corrected chi connectivity index (χ1v) is 8.02. The van der Waals surface area contributed by atoms with Crippen molar-refractivity contribution in [3.63, 3.8) is 0 Å². The highest BCUT2D eigenvalue weighted by Gasteiger charge is 2.29. The molecule has 1 aromatic rings. The molecule has 0 saturated carbocycles. The molecule has 20 heavy (non-hydrogen) atoms. The maximum absolute atomic E-state index is 5.80. The molecule has 2 heteroatoms. The highest BCUT2D eigenvalue weighted by Crippen LogP contribution is 2.31. The van der Waals surface area contributed by atoms with Crippen LogP contribution in [-0.2, 0) is 10.2 Å². The molecule has 0 saturated heterocycles. The van der Waals surface area contributed by atoms with Gasteiger partial charge in [-0.3, -0.25) is 0 Å². The van der Waals surface area contributed by atoms with Gasteiger partial charge in [0.25, 0.3) is 0 Å². The fourth-order valence-corrected chi connectivity index (χ4v) is 2.63. The van der Waals surface area contributed by atoms with Crippen LogP contribution in [0.1, 0.15) is 52.5 Å². The Morgan fingerprint density at radius 1 is 1.15 bits per heavy atom. The van der Waals surface area contributed by atoms with Crippen molar-refractivity contribution in [1.82, 2.24) is 5.32 Å². The predicted octanol–water partition coefficient (Wildman–Crippen LogP) is 4.15. The standard InChI is InChI=1S/C18H31NO/c1-5-13-19-15-18(6-2,12-14-20-16(3)4)17-10-8-7-9-11-17/h7-11,16,19H,5-6,12-15H2,1-4H3. The van der Waals surface area contributed by atoms with E-state index < -0.39 is 0 Å². The number of ether oxygens (including phenoxy) is 1. The Labute approximate surface area is 124 Å². The molecule has 114 valence electrons. The van der Waals surface area contributed by atoms with Crippen LogP contribution in [-0.4, -0.2) is 25.8 Å². The SMILES string of the molecule is CCCNCC(CC)(CCOC(C)C)c1ccccc1. The lowest BCUT2D eigenvalue weighted by molar-refractivity contribution is 0.0628. The zero-order valence-corrected chi connectivity index (χ0v) is 13.6. The van der Waals surface area contributed by atoms with E-state index in [2.05, 4.69) is 63.3 Å². The Morgan fingerprint density at radius 2 is 1.85 bits per heavy atom. The molecule has 1 rings (SSSR count). The third-order valence-corrected chi connectivity index (χ3v) is 3.98. The van der Waals surface area contributed by atoms with Crippen molar-refractivity contribution in [3.8, 4) is 0 Å².